The molecule has 130 valence electrons. The Morgan fingerprint density at radius 1 is 1.20 bits per heavy atom. The minimum absolute atomic E-state index is 0.0668. The highest BCUT2D eigenvalue weighted by Crippen LogP contribution is 2.27. The molecule has 4 nitrogen and oxygen atoms in total. The zero-order valence-electron chi connectivity index (χ0n) is 14.2. The number of carbonyl (C=O) groups excluding carboxylic acids is 2. The highest BCUT2D eigenvalue weighted by molar-refractivity contribution is 6.04. The standard InChI is InChI=1S/C20H21FN2O2/c1-2-4-14-6-8-15(9-7-14)20(25)22-16-10-11-18(17(21)13-16)23-12-3-5-19(23)24/h6-11,13H,2-5,12H2,1H3,(H,22,25). The van der Waals surface area contributed by atoms with E-state index in [1.165, 1.54) is 16.5 Å². The maximum Gasteiger partial charge on any atom is 0.255 e. The second kappa shape index (κ2) is 7.47. The largest absolute Gasteiger partial charge is 0.322 e. The molecule has 0 aromatic heterocycles. The fraction of sp³-hybridized carbons (Fsp3) is 0.300. The Hall–Kier alpha value is -2.69. The highest BCUT2D eigenvalue weighted by Gasteiger charge is 2.24. The van der Waals surface area contributed by atoms with Crippen molar-refractivity contribution < 1.29 is 14.0 Å². The van der Waals surface area contributed by atoms with E-state index in [4.69, 9.17) is 0 Å². The van der Waals surface area contributed by atoms with Gasteiger partial charge in [0, 0.05) is 24.2 Å². The maximum absolute atomic E-state index is 14.3. The van der Waals surface area contributed by atoms with Crippen molar-refractivity contribution in [3.05, 3.63) is 59.4 Å². The third-order valence-electron chi connectivity index (χ3n) is 4.32. The van der Waals surface area contributed by atoms with E-state index in [0.29, 0.717) is 24.2 Å². The van der Waals surface area contributed by atoms with Crippen molar-refractivity contribution in [2.75, 3.05) is 16.8 Å². The lowest BCUT2D eigenvalue weighted by Crippen LogP contribution is -2.24. The summed E-state index contributed by atoms with van der Waals surface area (Å²) in [7, 11) is 0. The molecule has 1 saturated heterocycles. The number of hydrogen-bond acceptors (Lipinski definition) is 2. The van der Waals surface area contributed by atoms with Crippen LogP contribution in [0.3, 0.4) is 0 Å². The van der Waals surface area contributed by atoms with Gasteiger partial charge in [-0.25, -0.2) is 4.39 Å². The van der Waals surface area contributed by atoms with Crippen molar-refractivity contribution >= 4 is 23.2 Å². The molecular weight excluding hydrogens is 319 g/mol. The topological polar surface area (TPSA) is 49.4 Å². The molecule has 0 bridgehead atoms. The average Bonchev–Trinajstić information content (AvgIpc) is 3.02. The van der Waals surface area contributed by atoms with Gasteiger partial charge in [0.1, 0.15) is 5.82 Å². The number of rotatable bonds is 5. The fourth-order valence-electron chi connectivity index (χ4n) is 3.02. The van der Waals surface area contributed by atoms with Crippen LogP contribution in [0, 0.1) is 5.82 Å². The van der Waals surface area contributed by atoms with Crippen molar-refractivity contribution in [2.45, 2.75) is 32.6 Å². The van der Waals surface area contributed by atoms with Crippen LogP contribution in [0.5, 0.6) is 0 Å². The lowest BCUT2D eigenvalue weighted by atomic mass is 10.1. The van der Waals surface area contributed by atoms with E-state index in [1.54, 1.807) is 24.3 Å². The number of aryl methyl sites for hydroxylation is 1. The van der Waals surface area contributed by atoms with E-state index in [-0.39, 0.29) is 17.5 Å². The molecule has 1 fully saturated rings. The summed E-state index contributed by atoms with van der Waals surface area (Å²) in [6.45, 7) is 2.64. The summed E-state index contributed by atoms with van der Waals surface area (Å²) in [5.74, 6) is -0.860. The predicted molar refractivity (Wildman–Crippen MR) is 96.4 cm³/mol. The molecule has 0 unspecified atom stereocenters. The Morgan fingerprint density at radius 3 is 2.56 bits per heavy atom. The van der Waals surface area contributed by atoms with E-state index in [1.807, 2.05) is 12.1 Å². The molecule has 0 saturated carbocycles. The van der Waals surface area contributed by atoms with Crippen molar-refractivity contribution in [1.82, 2.24) is 0 Å². The second-order valence-corrected chi connectivity index (χ2v) is 6.22. The van der Waals surface area contributed by atoms with E-state index in [2.05, 4.69) is 12.2 Å². The van der Waals surface area contributed by atoms with Crippen LogP contribution in [0.15, 0.2) is 42.5 Å². The Balaban J connectivity index is 1.71. The molecule has 1 N–H and O–H groups in total. The Kier molecular flexibility index (Phi) is 5.12. The van der Waals surface area contributed by atoms with Crippen LogP contribution in [0.2, 0.25) is 0 Å². The molecule has 0 spiro atoms. The van der Waals surface area contributed by atoms with E-state index in [0.717, 1.165) is 19.3 Å². The SMILES string of the molecule is CCCc1ccc(C(=O)Nc2ccc(N3CCCC3=O)c(F)c2)cc1. The van der Waals surface area contributed by atoms with Gasteiger partial charge in [-0.15, -0.1) is 0 Å². The summed E-state index contributed by atoms with van der Waals surface area (Å²) in [5, 5.41) is 2.70. The second-order valence-electron chi connectivity index (χ2n) is 6.22. The third kappa shape index (κ3) is 3.87. The third-order valence-corrected chi connectivity index (χ3v) is 4.32. The van der Waals surface area contributed by atoms with Gasteiger partial charge in [-0.3, -0.25) is 9.59 Å². The van der Waals surface area contributed by atoms with Gasteiger partial charge in [0.15, 0.2) is 0 Å². The van der Waals surface area contributed by atoms with Crippen molar-refractivity contribution in [2.24, 2.45) is 0 Å². The lowest BCUT2D eigenvalue weighted by Gasteiger charge is -2.17. The molecule has 2 amide bonds. The molecule has 5 heteroatoms. The van der Waals surface area contributed by atoms with Gasteiger partial charge in [0.25, 0.3) is 5.91 Å². The molecule has 2 aromatic carbocycles. The number of amides is 2. The van der Waals surface area contributed by atoms with Crippen LogP contribution in [0.1, 0.15) is 42.1 Å². The number of benzene rings is 2. The first-order valence-corrected chi connectivity index (χ1v) is 8.58. The zero-order valence-corrected chi connectivity index (χ0v) is 14.2. The quantitative estimate of drug-likeness (QED) is 0.888. The molecule has 1 aliphatic heterocycles. The number of nitrogens with zero attached hydrogens (tertiary/aromatic N) is 1. The Bertz CT molecular complexity index is 787. The zero-order chi connectivity index (χ0) is 17.8. The first-order valence-electron chi connectivity index (χ1n) is 8.58. The molecule has 2 aromatic rings. The first kappa shape index (κ1) is 17.1. The summed E-state index contributed by atoms with van der Waals surface area (Å²) in [6, 6.07) is 11.8. The normalized spacial score (nSPS) is 14.0. The summed E-state index contributed by atoms with van der Waals surface area (Å²) < 4.78 is 14.3. The summed E-state index contributed by atoms with van der Waals surface area (Å²) >= 11 is 0. The van der Waals surface area contributed by atoms with Crippen LogP contribution < -0.4 is 10.2 Å². The average molecular weight is 340 g/mol. The van der Waals surface area contributed by atoms with Crippen molar-refractivity contribution in [3.8, 4) is 0 Å². The van der Waals surface area contributed by atoms with Crippen molar-refractivity contribution in [3.63, 3.8) is 0 Å². The maximum atomic E-state index is 14.3. The molecule has 1 aliphatic rings. The smallest absolute Gasteiger partial charge is 0.255 e. The van der Waals surface area contributed by atoms with Gasteiger partial charge in [0.2, 0.25) is 5.91 Å². The number of hydrogen-bond donors (Lipinski definition) is 1. The minimum atomic E-state index is -0.508. The molecule has 0 atom stereocenters. The number of halogens is 1. The van der Waals surface area contributed by atoms with Crippen LogP contribution in [-0.2, 0) is 11.2 Å². The Morgan fingerprint density at radius 2 is 1.96 bits per heavy atom. The molecule has 25 heavy (non-hydrogen) atoms. The van der Waals surface area contributed by atoms with E-state index < -0.39 is 5.82 Å². The van der Waals surface area contributed by atoms with Crippen LogP contribution in [0.25, 0.3) is 0 Å². The minimum Gasteiger partial charge on any atom is -0.322 e. The number of anilines is 2. The van der Waals surface area contributed by atoms with E-state index in [9.17, 15) is 14.0 Å². The monoisotopic (exact) mass is 340 g/mol. The van der Waals surface area contributed by atoms with Gasteiger partial charge < -0.3 is 10.2 Å². The van der Waals surface area contributed by atoms with Gasteiger partial charge in [-0.2, -0.15) is 0 Å². The van der Waals surface area contributed by atoms with Crippen molar-refractivity contribution in [1.29, 1.82) is 0 Å². The molecule has 0 aliphatic carbocycles. The molecular formula is C20H21FN2O2. The fourth-order valence-corrected chi connectivity index (χ4v) is 3.02. The van der Waals surface area contributed by atoms with Crippen LogP contribution in [-0.4, -0.2) is 18.4 Å². The van der Waals surface area contributed by atoms with Crippen LogP contribution >= 0.6 is 0 Å². The number of nitrogens with one attached hydrogen (secondary N) is 1. The summed E-state index contributed by atoms with van der Waals surface area (Å²) in [6.07, 6.45) is 3.22. The van der Waals surface area contributed by atoms with Gasteiger partial charge >= 0.3 is 0 Å². The predicted octanol–water partition coefficient (Wildman–Crippen LogP) is 4.16. The lowest BCUT2D eigenvalue weighted by molar-refractivity contribution is -0.117. The van der Waals surface area contributed by atoms with Gasteiger partial charge in [0.05, 0.1) is 5.69 Å². The van der Waals surface area contributed by atoms with E-state index >= 15 is 0 Å². The molecule has 0 radical (unpaired) electrons. The summed E-state index contributed by atoms with van der Waals surface area (Å²) in [4.78, 5) is 25.5. The Labute approximate surface area is 146 Å². The highest BCUT2D eigenvalue weighted by atomic mass is 19.1. The molecule has 3 rings (SSSR count). The van der Waals surface area contributed by atoms with Gasteiger partial charge in [-0.05, 0) is 48.7 Å². The summed E-state index contributed by atoms with van der Waals surface area (Å²) in [5.41, 5.74) is 2.35. The first-order chi connectivity index (χ1) is 12.1. The molecule has 1 heterocycles. The number of carbonyl (C=O) groups is 2. The van der Waals surface area contributed by atoms with Gasteiger partial charge in [-0.1, -0.05) is 25.5 Å². The van der Waals surface area contributed by atoms with Crippen LogP contribution in [0.4, 0.5) is 15.8 Å².